The Balaban J connectivity index is 1.51. The molecule has 1 atom stereocenters. The van der Waals surface area contributed by atoms with Crippen LogP contribution in [0.3, 0.4) is 0 Å². The zero-order valence-corrected chi connectivity index (χ0v) is 20.3. The maximum absolute atomic E-state index is 13.4. The molecule has 5 nitrogen and oxygen atoms in total. The highest BCUT2D eigenvalue weighted by Gasteiger charge is 2.35. The predicted octanol–water partition coefficient (Wildman–Crippen LogP) is 6.05. The average molecular weight is 498 g/mol. The summed E-state index contributed by atoms with van der Waals surface area (Å²) in [6, 6.07) is 20.3. The number of rotatable bonds is 8. The van der Waals surface area contributed by atoms with Crippen molar-refractivity contribution in [1.29, 1.82) is 0 Å². The molecule has 1 amide bonds. The summed E-state index contributed by atoms with van der Waals surface area (Å²) in [6.07, 6.45) is 1.24. The van der Waals surface area contributed by atoms with Gasteiger partial charge in [0.05, 0.1) is 6.42 Å². The Bertz CT molecular complexity index is 1190. The fraction of sp³-hybridized carbons (Fsp3) is 0.259. The number of carboxylic acids is 1. The van der Waals surface area contributed by atoms with Gasteiger partial charge in [0.15, 0.2) is 0 Å². The van der Waals surface area contributed by atoms with Crippen molar-refractivity contribution in [3.63, 3.8) is 0 Å². The van der Waals surface area contributed by atoms with E-state index in [1.807, 2.05) is 48.5 Å². The molecule has 0 fully saturated rings. The number of nitrogens with zero attached hydrogens (tertiary/aromatic N) is 1. The first-order valence-electron chi connectivity index (χ1n) is 11.0. The van der Waals surface area contributed by atoms with E-state index in [9.17, 15) is 9.59 Å². The van der Waals surface area contributed by atoms with Crippen LogP contribution in [-0.4, -0.2) is 34.0 Å². The van der Waals surface area contributed by atoms with Crippen molar-refractivity contribution in [3.05, 3.63) is 99.0 Å². The van der Waals surface area contributed by atoms with Gasteiger partial charge in [0.1, 0.15) is 11.4 Å². The van der Waals surface area contributed by atoms with Gasteiger partial charge in [-0.3, -0.25) is 9.59 Å². The molecule has 0 saturated carbocycles. The summed E-state index contributed by atoms with van der Waals surface area (Å²) in [4.78, 5) is 26.1. The highest BCUT2D eigenvalue weighted by Crippen LogP contribution is 2.38. The normalized spacial score (nSPS) is 16.6. The molecule has 0 unspecified atom stereocenters. The molecule has 0 saturated heterocycles. The fourth-order valence-corrected chi connectivity index (χ4v) is 4.52. The second-order valence-corrected chi connectivity index (χ2v) is 9.72. The van der Waals surface area contributed by atoms with Crippen LogP contribution in [0.2, 0.25) is 10.0 Å². The van der Waals surface area contributed by atoms with E-state index in [0.717, 1.165) is 22.4 Å². The first-order valence-corrected chi connectivity index (χ1v) is 11.8. The number of amides is 1. The van der Waals surface area contributed by atoms with Crippen molar-refractivity contribution in [2.75, 3.05) is 6.54 Å². The van der Waals surface area contributed by atoms with Crippen LogP contribution in [-0.2, 0) is 24.2 Å². The Morgan fingerprint density at radius 3 is 2.21 bits per heavy atom. The monoisotopic (exact) mass is 497 g/mol. The van der Waals surface area contributed by atoms with E-state index in [2.05, 4.69) is 6.92 Å². The van der Waals surface area contributed by atoms with Gasteiger partial charge < -0.3 is 14.7 Å². The summed E-state index contributed by atoms with van der Waals surface area (Å²) in [5.74, 6) is -0.401. The van der Waals surface area contributed by atoms with Crippen molar-refractivity contribution in [2.45, 2.75) is 38.3 Å². The molecule has 176 valence electrons. The molecule has 1 heterocycles. The number of fused-ring (bicyclic) bond motifs is 1. The first-order chi connectivity index (χ1) is 16.2. The number of benzene rings is 3. The Hall–Kier alpha value is -3.02. The zero-order valence-electron chi connectivity index (χ0n) is 18.8. The van der Waals surface area contributed by atoms with Gasteiger partial charge in [-0.05, 0) is 66.1 Å². The molecule has 7 heteroatoms. The smallest absolute Gasteiger partial charge is 0.305 e. The van der Waals surface area contributed by atoms with Crippen LogP contribution in [0.4, 0.5) is 0 Å². The lowest BCUT2D eigenvalue weighted by Gasteiger charge is -2.24. The molecular weight excluding hydrogens is 473 g/mol. The quantitative estimate of drug-likeness (QED) is 0.411. The molecule has 1 aliphatic heterocycles. The second kappa shape index (κ2) is 10.1. The Morgan fingerprint density at radius 1 is 0.971 bits per heavy atom. The fourth-order valence-electron chi connectivity index (χ4n) is 4.26. The van der Waals surface area contributed by atoms with Crippen LogP contribution >= 0.6 is 23.2 Å². The molecule has 4 rings (SSSR count). The van der Waals surface area contributed by atoms with Crippen LogP contribution in [0, 0.1) is 0 Å². The number of carbonyl (C=O) groups excluding carboxylic acids is 1. The molecule has 0 spiro atoms. The summed E-state index contributed by atoms with van der Waals surface area (Å²) in [5, 5.41) is 10.5. The molecule has 1 aliphatic rings. The van der Waals surface area contributed by atoms with Gasteiger partial charge in [0.25, 0.3) is 5.91 Å². The van der Waals surface area contributed by atoms with Gasteiger partial charge in [0.2, 0.25) is 0 Å². The summed E-state index contributed by atoms with van der Waals surface area (Å²) in [7, 11) is 0. The molecular formula is C27H25Cl2NO4. The standard InChI is InChI=1S/C27H25Cl2NO4/c1-27(15-18-2-7-22(28)8-3-18)16-21-14-20(6-11-24(21)34-27)26(33)30(13-12-25(31)32)17-19-4-9-23(29)10-5-19/h2-11,14H,12-13,15-17H2,1H3,(H,31,32)/t27-/m1/s1. The van der Waals surface area contributed by atoms with Crippen molar-refractivity contribution in [2.24, 2.45) is 0 Å². The van der Waals surface area contributed by atoms with Gasteiger partial charge in [-0.2, -0.15) is 0 Å². The van der Waals surface area contributed by atoms with E-state index >= 15 is 0 Å². The Kier molecular flexibility index (Phi) is 7.15. The second-order valence-electron chi connectivity index (χ2n) is 8.85. The van der Waals surface area contributed by atoms with Gasteiger partial charge in [0, 0.05) is 41.5 Å². The van der Waals surface area contributed by atoms with Gasteiger partial charge >= 0.3 is 5.97 Å². The minimum absolute atomic E-state index is 0.110. The average Bonchev–Trinajstić information content (AvgIpc) is 3.13. The minimum Gasteiger partial charge on any atom is -0.487 e. The van der Waals surface area contributed by atoms with Crippen molar-refractivity contribution < 1.29 is 19.4 Å². The molecule has 1 N–H and O–H groups in total. The number of ether oxygens (including phenoxy) is 1. The number of aliphatic carboxylic acids is 1. The maximum Gasteiger partial charge on any atom is 0.305 e. The number of hydrogen-bond donors (Lipinski definition) is 1. The Labute approximate surface area is 208 Å². The first kappa shape index (κ1) is 24.1. The van der Waals surface area contributed by atoms with Crippen molar-refractivity contribution in [3.8, 4) is 5.75 Å². The lowest BCUT2D eigenvalue weighted by molar-refractivity contribution is -0.137. The molecule has 0 aromatic heterocycles. The third-order valence-electron chi connectivity index (χ3n) is 5.89. The predicted molar refractivity (Wildman–Crippen MR) is 133 cm³/mol. The number of carboxylic acid groups (broad SMARTS) is 1. The molecule has 3 aromatic rings. The molecule has 0 aliphatic carbocycles. The van der Waals surface area contributed by atoms with E-state index in [1.165, 1.54) is 0 Å². The topological polar surface area (TPSA) is 66.8 Å². The van der Waals surface area contributed by atoms with Crippen LogP contribution in [0.25, 0.3) is 0 Å². The summed E-state index contributed by atoms with van der Waals surface area (Å²) in [6.45, 7) is 2.46. The van der Waals surface area contributed by atoms with Crippen molar-refractivity contribution >= 4 is 35.1 Å². The van der Waals surface area contributed by atoms with E-state index < -0.39 is 11.6 Å². The Morgan fingerprint density at radius 2 is 1.59 bits per heavy atom. The van der Waals surface area contributed by atoms with Gasteiger partial charge in [-0.15, -0.1) is 0 Å². The lowest BCUT2D eigenvalue weighted by atomic mass is 9.91. The lowest BCUT2D eigenvalue weighted by Crippen LogP contribution is -2.33. The van der Waals surface area contributed by atoms with Crippen LogP contribution in [0.15, 0.2) is 66.7 Å². The van der Waals surface area contributed by atoms with E-state index in [0.29, 0.717) is 35.0 Å². The molecule has 0 radical (unpaired) electrons. The number of halogens is 2. The highest BCUT2D eigenvalue weighted by molar-refractivity contribution is 6.30. The van der Waals surface area contributed by atoms with E-state index in [4.69, 9.17) is 33.0 Å². The number of hydrogen-bond acceptors (Lipinski definition) is 3. The van der Waals surface area contributed by atoms with Gasteiger partial charge in [-0.1, -0.05) is 47.5 Å². The summed E-state index contributed by atoms with van der Waals surface area (Å²) < 4.78 is 6.26. The molecule has 3 aromatic carbocycles. The minimum atomic E-state index is -0.950. The number of carbonyl (C=O) groups is 2. The van der Waals surface area contributed by atoms with Crippen LogP contribution in [0.5, 0.6) is 5.75 Å². The van der Waals surface area contributed by atoms with Crippen LogP contribution in [0.1, 0.15) is 40.4 Å². The van der Waals surface area contributed by atoms with Crippen molar-refractivity contribution in [1.82, 2.24) is 4.90 Å². The maximum atomic E-state index is 13.4. The summed E-state index contributed by atoms with van der Waals surface area (Å²) in [5.41, 5.74) is 3.05. The molecule has 34 heavy (non-hydrogen) atoms. The van der Waals surface area contributed by atoms with E-state index in [-0.39, 0.29) is 18.9 Å². The van der Waals surface area contributed by atoms with Gasteiger partial charge in [-0.25, -0.2) is 0 Å². The van der Waals surface area contributed by atoms with Crippen LogP contribution < -0.4 is 4.74 Å². The SMILES string of the molecule is C[C@@]1(Cc2ccc(Cl)cc2)Cc2cc(C(=O)N(CCC(=O)O)Cc3ccc(Cl)cc3)ccc2O1. The molecule has 0 bridgehead atoms. The third kappa shape index (κ3) is 5.91. The third-order valence-corrected chi connectivity index (χ3v) is 6.39. The zero-order chi connectivity index (χ0) is 24.3. The summed E-state index contributed by atoms with van der Waals surface area (Å²) >= 11 is 12.0. The van der Waals surface area contributed by atoms with E-state index in [1.54, 1.807) is 23.1 Å². The highest BCUT2D eigenvalue weighted by atomic mass is 35.5. The largest absolute Gasteiger partial charge is 0.487 e.